The highest BCUT2D eigenvalue weighted by Gasteiger charge is 2.42. The van der Waals surface area contributed by atoms with E-state index in [1.54, 1.807) is 0 Å². The van der Waals surface area contributed by atoms with Crippen molar-refractivity contribution >= 4 is 0 Å². The number of rotatable bonds is 4. The van der Waals surface area contributed by atoms with Crippen LogP contribution in [0.25, 0.3) is 0 Å². The molecule has 0 aliphatic heterocycles. The van der Waals surface area contributed by atoms with E-state index in [1.165, 1.54) is 0 Å². The third kappa shape index (κ3) is 3.90. The minimum atomic E-state index is -4.13. The summed E-state index contributed by atoms with van der Waals surface area (Å²) in [4.78, 5) is 0. The molecule has 0 aromatic heterocycles. The molecule has 0 saturated heterocycles. The molecule has 0 amide bonds. The van der Waals surface area contributed by atoms with Crippen LogP contribution in [0.2, 0.25) is 0 Å². The van der Waals surface area contributed by atoms with Crippen molar-refractivity contribution in [2.45, 2.75) is 56.7 Å². The normalized spacial score (nSPS) is 28.1. The Morgan fingerprint density at radius 1 is 1.19 bits per heavy atom. The third-order valence-electron chi connectivity index (χ3n) is 2.73. The fraction of sp³-hybridized carbons (Fsp3) is 1.00. The highest BCUT2D eigenvalue weighted by Crippen LogP contribution is 2.26. The molecule has 0 aromatic rings. The Morgan fingerprint density at radius 3 is 2.44 bits per heavy atom. The van der Waals surface area contributed by atoms with E-state index in [2.05, 4.69) is 0 Å². The average molecular weight is 244 g/mol. The van der Waals surface area contributed by atoms with Crippen molar-refractivity contribution in [1.82, 2.24) is 0 Å². The number of halogens is 4. The van der Waals surface area contributed by atoms with E-state index in [9.17, 15) is 22.7 Å². The predicted molar refractivity (Wildman–Crippen MR) is 49.8 cm³/mol. The molecular weight excluding hydrogens is 228 g/mol. The minimum Gasteiger partial charge on any atom is -0.390 e. The Bertz CT molecular complexity index is 211. The van der Waals surface area contributed by atoms with Crippen LogP contribution in [0.5, 0.6) is 0 Å². The quantitative estimate of drug-likeness (QED) is 0.608. The molecule has 0 spiro atoms. The molecule has 1 aliphatic carbocycles. The van der Waals surface area contributed by atoms with Crippen LogP contribution in [0.3, 0.4) is 0 Å². The molecule has 1 saturated carbocycles. The van der Waals surface area contributed by atoms with Crippen LogP contribution in [0.15, 0.2) is 0 Å². The topological polar surface area (TPSA) is 29.5 Å². The molecule has 1 fully saturated rings. The van der Waals surface area contributed by atoms with Gasteiger partial charge in [0, 0.05) is 0 Å². The van der Waals surface area contributed by atoms with E-state index in [0.717, 1.165) is 19.3 Å². The Balaban J connectivity index is 2.40. The molecule has 96 valence electrons. The SMILES string of the molecule is OC1CCCCCC1OCC(F)(F)C(F)F. The van der Waals surface area contributed by atoms with Gasteiger partial charge in [-0.1, -0.05) is 19.3 Å². The first kappa shape index (κ1) is 13.7. The average Bonchev–Trinajstić information content (AvgIpc) is 2.40. The van der Waals surface area contributed by atoms with Crippen molar-refractivity contribution in [3.05, 3.63) is 0 Å². The molecule has 0 bridgehead atoms. The number of aliphatic hydroxyl groups is 1. The van der Waals surface area contributed by atoms with E-state index in [1.807, 2.05) is 0 Å². The Labute approximate surface area is 91.6 Å². The van der Waals surface area contributed by atoms with Crippen LogP contribution in [-0.4, -0.2) is 36.3 Å². The fourth-order valence-electron chi connectivity index (χ4n) is 1.73. The molecule has 16 heavy (non-hydrogen) atoms. The lowest BCUT2D eigenvalue weighted by Gasteiger charge is -2.23. The molecule has 2 unspecified atom stereocenters. The van der Waals surface area contributed by atoms with E-state index in [0.29, 0.717) is 12.8 Å². The van der Waals surface area contributed by atoms with Crippen LogP contribution >= 0.6 is 0 Å². The molecule has 1 N–H and O–H groups in total. The van der Waals surface area contributed by atoms with Gasteiger partial charge < -0.3 is 9.84 Å². The number of hydrogen-bond donors (Lipinski definition) is 1. The first-order valence-electron chi connectivity index (χ1n) is 5.39. The van der Waals surface area contributed by atoms with Gasteiger partial charge in [-0.15, -0.1) is 0 Å². The predicted octanol–water partition coefficient (Wildman–Crippen LogP) is 2.60. The zero-order valence-corrected chi connectivity index (χ0v) is 8.84. The first-order valence-corrected chi connectivity index (χ1v) is 5.39. The van der Waals surface area contributed by atoms with Crippen molar-refractivity contribution in [2.24, 2.45) is 0 Å². The zero-order valence-electron chi connectivity index (χ0n) is 8.84. The summed E-state index contributed by atoms with van der Waals surface area (Å²) in [7, 11) is 0. The van der Waals surface area contributed by atoms with Gasteiger partial charge in [-0.3, -0.25) is 0 Å². The first-order chi connectivity index (χ1) is 7.43. The van der Waals surface area contributed by atoms with E-state index in [4.69, 9.17) is 4.74 Å². The lowest BCUT2D eigenvalue weighted by molar-refractivity contribution is -0.185. The molecule has 6 heteroatoms. The summed E-state index contributed by atoms with van der Waals surface area (Å²) in [6.45, 7) is -1.33. The maximum atomic E-state index is 12.6. The van der Waals surface area contributed by atoms with Gasteiger partial charge in [-0.25, -0.2) is 8.78 Å². The second kappa shape index (κ2) is 5.82. The Morgan fingerprint density at radius 2 is 1.81 bits per heavy atom. The van der Waals surface area contributed by atoms with Crippen molar-refractivity contribution < 1.29 is 27.4 Å². The molecule has 1 aliphatic rings. The van der Waals surface area contributed by atoms with E-state index >= 15 is 0 Å². The monoisotopic (exact) mass is 244 g/mol. The smallest absolute Gasteiger partial charge is 0.330 e. The lowest BCUT2D eigenvalue weighted by Crippen LogP contribution is -2.37. The maximum absolute atomic E-state index is 12.6. The second-order valence-electron chi connectivity index (χ2n) is 4.12. The highest BCUT2D eigenvalue weighted by atomic mass is 19.3. The van der Waals surface area contributed by atoms with Gasteiger partial charge in [0.05, 0.1) is 12.2 Å². The zero-order chi connectivity index (χ0) is 12.2. The number of alkyl halides is 4. The highest BCUT2D eigenvalue weighted by molar-refractivity contribution is 4.76. The minimum absolute atomic E-state index is 0.445. The number of ether oxygens (including phenoxy) is 1. The summed E-state index contributed by atoms with van der Waals surface area (Å²) in [5.74, 6) is -4.13. The van der Waals surface area contributed by atoms with Crippen LogP contribution in [-0.2, 0) is 4.74 Å². The molecule has 2 atom stereocenters. The summed E-state index contributed by atoms with van der Waals surface area (Å²) >= 11 is 0. The van der Waals surface area contributed by atoms with Crippen LogP contribution in [0.1, 0.15) is 32.1 Å². The molecular formula is C10H16F4O2. The van der Waals surface area contributed by atoms with Gasteiger partial charge in [0.15, 0.2) is 0 Å². The van der Waals surface area contributed by atoms with Gasteiger partial charge in [0.1, 0.15) is 6.61 Å². The largest absolute Gasteiger partial charge is 0.390 e. The molecule has 1 rings (SSSR count). The van der Waals surface area contributed by atoms with Crippen molar-refractivity contribution in [2.75, 3.05) is 6.61 Å². The molecule has 0 aromatic carbocycles. The second-order valence-corrected chi connectivity index (χ2v) is 4.12. The summed E-state index contributed by atoms with van der Waals surface area (Å²) in [6.07, 6.45) is -1.89. The lowest BCUT2D eigenvalue weighted by atomic mass is 10.1. The van der Waals surface area contributed by atoms with Gasteiger partial charge in [0.2, 0.25) is 0 Å². The Kier molecular flexibility index (Phi) is 4.98. The van der Waals surface area contributed by atoms with Gasteiger partial charge in [-0.2, -0.15) is 8.78 Å². The van der Waals surface area contributed by atoms with Crippen molar-refractivity contribution in [3.8, 4) is 0 Å². The summed E-state index contributed by atoms with van der Waals surface area (Å²) in [5.41, 5.74) is 0. The standard InChI is InChI=1S/C10H16F4O2/c11-9(12)10(13,14)6-16-8-5-3-1-2-4-7(8)15/h7-9,15H,1-6H2. The van der Waals surface area contributed by atoms with Crippen LogP contribution < -0.4 is 0 Å². The molecule has 0 heterocycles. The fourth-order valence-corrected chi connectivity index (χ4v) is 1.73. The number of hydrogen-bond acceptors (Lipinski definition) is 2. The third-order valence-corrected chi connectivity index (χ3v) is 2.73. The van der Waals surface area contributed by atoms with Crippen LogP contribution in [0.4, 0.5) is 17.6 Å². The van der Waals surface area contributed by atoms with Crippen molar-refractivity contribution in [3.63, 3.8) is 0 Å². The summed E-state index contributed by atoms with van der Waals surface area (Å²) in [6, 6.07) is 0. The number of aliphatic hydroxyl groups excluding tert-OH is 1. The van der Waals surface area contributed by atoms with Gasteiger partial charge >= 0.3 is 12.3 Å². The molecule has 0 radical (unpaired) electrons. The van der Waals surface area contributed by atoms with E-state index in [-0.39, 0.29) is 0 Å². The summed E-state index contributed by atoms with van der Waals surface area (Å²) in [5, 5.41) is 9.53. The van der Waals surface area contributed by atoms with Gasteiger partial charge in [-0.05, 0) is 12.8 Å². The van der Waals surface area contributed by atoms with Gasteiger partial charge in [0.25, 0.3) is 0 Å². The maximum Gasteiger partial charge on any atom is 0.330 e. The van der Waals surface area contributed by atoms with Crippen LogP contribution in [0, 0.1) is 0 Å². The molecule has 2 nitrogen and oxygen atoms in total. The van der Waals surface area contributed by atoms with Crippen molar-refractivity contribution in [1.29, 1.82) is 0 Å². The summed E-state index contributed by atoms with van der Waals surface area (Å²) < 4.78 is 53.6. The van der Waals surface area contributed by atoms with E-state index < -0.39 is 31.2 Å². The Hall–Kier alpha value is -0.360.